The quantitative estimate of drug-likeness (QED) is 0.794. The summed E-state index contributed by atoms with van der Waals surface area (Å²) in [6.45, 7) is 2.10. The Morgan fingerprint density at radius 2 is 2.05 bits per heavy atom. The van der Waals surface area contributed by atoms with Crippen LogP contribution in [0, 0.1) is 3.57 Å². The lowest BCUT2D eigenvalue weighted by atomic mass is 10.0. The van der Waals surface area contributed by atoms with Gasteiger partial charge in [0.2, 0.25) is 0 Å². The molecule has 1 atom stereocenters. The highest BCUT2D eigenvalue weighted by Crippen LogP contribution is 2.37. The van der Waals surface area contributed by atoms with Crippen LogP contribution in [-0.2, 0) is 4.74 Å². The molecule has 1 aromatic rings. The second-order valence-electron chi connectivity index (χ2n) is 4.99. The second kappa shape index (κ2) is 6.83. The van der Waals surface area contributed by atoms with Crippen LogP contribution in [-0.4, -0.2) is 24.1 Å². The minimum Gasteiger partial charge on any atom is -0.373 e. The van der Waals surface area contributed by atoms with E-state index in [1.165, 1.54) is 34.9 Å². The molecule has 0 radical (unpaired) electrons. The van der Waals surface area contributed by atoms with Crippen molar-refractivity contribution < 1.29 is 4.74 Å². The molecule has 1 aromatic heterocycles. The number of hydrogen-bond donors (Lipinski definition) is 1. The maximum atomic E-state index is 5.49. The fourth-order valence-corrected chi connectivity index (χ4v) is 3.67. The van der Waals surface area contributed by atoms with Gasteiger partial charge in [-0.15, -0.1) is 0 Å². The van der Waals surface area contributed by atoms with Gasteiger partial charge in [0.1, 0.15) is 11.9 Å². The molecule has 1 unspecified atom stereocenters. The summed E-state index contributed by atoms with van der Waals surface area (Å²) < 4.78 is 6.66. The maximum absolute atomic E-state index is 5.49. The Morgan fingerprint density at radius 3 is 2.58 bits per heavy atom. The molecule has 0 amide bonds. The molecule has 4 nitrogen and oxygen atoms in total. The molecule has 0 saturated heterocycles. The average molecular weight is 375 g/mol. The van der Waals surface area contributed by atoms with E-state index in [0.717, 1.165) is 18.1 Å². The Bertz CT molecular complexity index is 429. The van der Waals surface area contributed by atoms with Crippen molar-refractivity contribution in [1.82, 2.24) is 9.97 Å². The Balaban J connectivity index is 2.42. The number of nitrogens with one attached hydrogen (secondary N) is 1. The molecule has 0 aliphatic heterocycles. The number of aromatic nitrogens is 2. The highest BCUT2D eigenvalue weighted by Gasteiger charge is 2.25. The molecule has 0 aromatic carbocycles. The summed E-state index contributed by atoms with van der Waals surface area (Å²) >= 11 is 2.37. The number of halogens is 1. The molecule has 1 fully saturated rings. The summed E-state index contributed by atoms with van der Waals surface area (Å²) in [5, 5.41) is 3.19. The van der Waals surface area contributed by atoms with Gasteiger partial charge in [0, 0.05) is 20.1 Å². The molecule has 5 heteroatoms. The van der Waals surface area contributed by atoms with Gasteiger partial charge in [-0.25, -0.2) is 9.97 Å². The molecule has 1 heterocycles. The second-order valence-corrected chi connectivity index (χ2v) is 6.07. The summed E-state index contributed by atoms with van der Waals surface area (Å²) in [7, 11) is 3.64. The van der Waals surface area contributed by atoms with E-state index in [9.17, 15) is 0 Å². The van der Waals surface area contributed by atoms with Gasteiger partial charge in [-0.1, -0.05) is 19.8 Å². The summed E-state index contributed by atoms with van der Waals surface area (Å²) in [6, 6.07) is 0. The summed E-state index contributed by atoms with van der Waals surface area (Å²) in [5.74, 6) is 2.34. The zero-order valence-corrected chi connectivity index (χ0v) is 14.0. The van der Waals surface area contributed by atoms with Crippen LogP contribution in [0.2, 0.25) is 0 Å². The Labute approximate surface area is 128 Å². The van der Waals surface area contributed by atoms with Gasteiger partial charge in [-0.3, -0.25) is 0 Å². The first kappa shape index (κ1) is 15.0. The van der Waals surface area contributed by atoms with Crippen molar-refractivity contribution in [3.8, 4) is 0 Å². The molecule has 19 heavy (non-hydrogen) atoms. The molecular formula is C14H22IN3O. The average Bonchev–Trinajstić information content (AvgIpc) is 2.95. The highest BCUT2D eigenvalue weighted by molar-refractivity contribution is 14.1. The monoisotopic (exact) mass is 375 g/mol. The van der Waals surface area contributed by atoms with Crippen LogP contribution in [0.3, 0.4) is 0 Å². The molecule has 0 bridgehead atoms. The van der Waals surface area contributed by atoms with Crippen LogP contribution in [0.15, 0.2) is 0 Å². The highest BCUT2D eigenvalue weighted by atomic mass is 127. The Hall–Kier alpha value is -0.430. The number of nitrogens with zero attached hydrogens (tertiary/aromatic N) is 2. The number of rotatable bonds is 5. The molecule has 1 saturated carbocycles. The SMILES string of the molecule is CCC(OC)c1nc(NC)c(I)c(C2CCCC2)n1. The Morgan fingerprint density at radius 1 is 1.37 bits per heavy atom. The lowest BCUT2D eigenvalue weighted by molar-refractivity contribution is 0.0924. The van der Waals surface area contributed by atoms with E-state index < -0.39 is 0 Å². The predicted octanol–water partition coefficient (Wildman–Crippen LogP) is 3.88. The molecule has 2 rings (SSSR count). The summed E-state index contributed by atoms with van der Waals surface area (Å²) in [6.07, 6.45) is 6.01. The third kappa shape index (κ3) is 3.18. The number of methoxy groups -OCH3 is 1. The standard InChI is InChI=1S/C14H22IN3O/c1-4-10(19-3)13-17-12(9-7-5-6-8-9)11(15)14(16-2)18-13/h9-10H,4-8H2,1-3H3,(H,16,17,18). The van der Waals surface area contributed by atoms with E-state index in [4.69, 9.17) is 9.72 Å². The van der Waals surface area contributed by atoms with Crippen molar-refractivity contribution in [2.45, 2.75) is 51.0 Å². The third-order valence-electron chi connectivity index (χ3n) is 3.82. The van der Waals surface area contributed by atoms with E-state index in [-0.39, 0.29) is 6.10 Å². The van der Waals surface area contributed by atoms with E-state index in [1.54, 1.807) is 7.11 Å². The molecule has 1 aliphatic carbocycles. The first-order valence-electron chi connectivity index (χ1n) is 6.99. The van der Waals surface area contributed by atoms with Crippen LogP contribution in [0.4, 0.5) is 5.82 Å². The van der Waals surface area contributed by atoms with Crippen molar-refractivity contribution in [3.63, 3.8) is 0 Å². The number of ether oxygens (including phenoxy) is 1. The third-order valence-corrected chi connectivity index (χ3v) is 4.88. The van der Waals surface area contributed by atoms with Crippen LogP contribution in [0.5, 0.6) is 0 Å². The normalized spacial score (nSPS) is 17.7. The van der Waals surface area contributed by atoms with Crippen LogP contribution >= 0.6 is 22.6 Å². The largest absolute Gasteiger partial charge is 0.373 e. The minimum absolute atomic E-state index is 0.00995. The van der Waals surface area contributed by atoms with Gasteiger partial charge < -0.3 is 10.1 Å². The summed E-state index contributed by atoms with van der Waals surface area (Å²) in [4.78, 5) is 9.43. The van der Waals surface area contributed by atoms with Crippen molar-refractivity contribution in [2.24, 2.45) is 0 Å². The lowest BCUT2D eigenvalue weighted by Crippen LogP contribution is -2.13. The molecular weight excluding hydrogens is 353 g/mol. The van der Waals surface area contributed by atoms with Crippen molar-refractivity contribution in [1.29, 1.82) is 0 Å². The molecule has 106 valence electrons. The lowest BCUT2D eigenvalue weighted by Gasteiger charge is -2.18. The fourth-order valence-electron chi connectivity index (χ4n) is 2.72. The van der Waals surface area contributed by atoms with Gasteiger partial charge in [-0.2, -0.15) is 0 Å². The maximum Gasteiger partial charge on any atom is 0.159 e. The van der Waals surface area contributed by atoms with Crippen molar-refractivity contribution >= 4 is 28.4 Å². The zero-order valence-electron chi connectivity index (χ0n) is 11.9. The topological polar surface area (TPSA) is 47.0 Å². The predicted molar refractivity (Wildman–Crippen MR) is 85.5 cm³/mol. The van der Waals surface area contributed by atoms with Crippen LogP contribution < -0.4 is 5.32 Å². The molecule has 0 spiro atoms. The van der Waals surface area contributed by atoms with Gasteiger partial charge in [0.15, 0.2) is 5.82 Å². The van der Waals surface area contributed by atoms with E-state index >= 15 is 0 Å². The van der Waals surface area contributed by atoms with E-state index in [2.05, 4.69) is 39.8 Å². The smallest absolute Gasteiger partial charge is 0.159 e. The van der Waals surface area contributed by atoms with E-state index in [0.29, 0.717) is 5.92 Å². The van der Waals surface area contributed by atoms with Gasteiger partial charge in [-0.05, 0) is 41.9 Å². The minimum atomic E-state index is -0.00995. The number of hydrogen-bond acceptors (Lipinski definition) is 4. The van der Waals surface area contributed by atoms with Gasteiger partial charge in [0.25, 0.3) is 0 Å². The Kier molecular flexibility index (Phi) is 5.38. The summed E-state index contributed by atoms with van der Waals surface area (Å²) in [5.41, 5.74) is 1.21. The van der Waals surface area contributed by atoms with Gasteiger partial charge in [0.05, 0.1) is 9.26 Å². The fraction of sp³-hybridized carbons (Fsp3) is 0.714. The van der Waals surface area contributed by atoms with Crippen LogP contribution in [0.25, 0.3) is 0 Å². The molecule has 1 N–H and O–H groups in total. The van der Waals surface area contributed by atoms with E-state index in [1.807, 2.05) is 7.05 Å². The van der Waals surface area contributed by atoms with Crippen molar-refractivity contribution in [3.05, 3.63) is 15.1 Å². The van der Waals surface area contributed by atoms with Crippen LogP contribution in [0.1, 0.15) is 62.6 Å². The number of anilines is 1. The first-order valence-corrected chi connectivity index (χ1v) is 8.07. The zero-order chi connectivity index (χ0) is 13.8. The first-order chi connectivity index (χ1) is 9.21. The van der Waals surface area contributed by atoms with Gasteiger partial charge >= 0.3 is 0 Å². The van der Waals surface area contributed by atoms with Crippen molar-refractivity contribution in [2.75, 3.05) is 19.5 Å². The molecule has 1 aliphatic rings.